The molecule has 25 heavy (non-hydrogen) atoms. The highest BCUT2D eigenvalue weighted by atomic mass is 32.1. The fourth-order valence-electron chi connectivity index (χ4n) is 2.85. The molecule has 0 aliphatic carbocycles. The van der Waals surface area contributed by atoms with Crippen LogP contribution in [0.25, 0.3) is 6.08 Å². The van der Waals surface area contributed by atoms with E-state index in [-0.39, 0.29) is 11.7 Å². The number of carbonyl (C=O) groups excluding carboxylic acids is 2. The van der Waals surface area contributed by atoms with Gasteiger partial charge in [-0.15, -0.1) is 11.3 Å². The molecule has 2 heterocycles. The second-order valence-electron chi connectivity index (χ2n) is 5.87. The Hall–Kier alpha value is -2.47. The fourth-order valence-corrected chi connectivity index (χ4v) is 3.74. The molecule has 1 amide bonds. The number of para-hydroxylation sites is 1. The number of benzene rings is 1. The quantitative estimate of drug-likeness (QED) is 0.783. The molecule has 0 radical (unpaired) electrons. The summed E-state index contributed by atoms with van der Waals surface area (Å²) in [7, 11) is 0. The van der Waals surface area contributed by atoms with Gasteiger partial charge in [0.05, 0.1) is 17.9 Å². The maximum atomic E-state index is 12.9. The number of anilines is 1. The highest BCUT2D eigenvalue weighted by molar-refractivity contribution is 7.14. The first-order valence-corrected chi connectivity index (χ1v) is 9.10. The second-order valence-corrected chi connectivity index (χ2v) is 6.70. The van der Waals surface area contributed by atoms with Crippen molar-refractivity contribution in [1.82, 2.24) is 4.98 Å². The van der Waals surface area contributed by atoms with Crippen molar-refractivity contribution in [1.29, 1.82) is 0 Å². The highest BCUT2D eigenvalue weighted by Gasteiger charge is 2.22. The molecular weight excluding hydrogens is 336 g/mol. The van der Waals surface area contributed by atoms with E-state index in [1.54, 1.807) is 17.0 Å². The maximum absolute atomic E-state index is 12.9. The Kier molecular flexibility index (Phi) is 4.99. The van der Waals surface area contributed by atoms with Gasteiger partial charge in [-0.3, -0.25) is 14.5 Å². The van der Waals surface area contributed by atoms with Crippen molar-refractivity contribution in [3.8, 4) is 5.75 Å². The van der Waals surface area contributed by atoms with Gasteiger partial charge in [0.25, 0.3) is 0 Å². The molecule has 5 nitrogen and oxygen atoms in total. The zero-order valence-electron chi connectivity index (χ0n) is 14.5. The number of aryl methyl sites for hydroxylation is 1. The van der Waals surface area contributed by atoms with E-state index in [1.165, 1.54) is 18.3 Å². The van der Waals surface area contributed by atoms with E-state index in [4.69, 9.17) is 4.74 Å². The molecule has 1 aromatic heterocycles. The number of thiazole rings is 1. The summed E-state index contributed by atoms with van der Waals surface area (Å²) in [6.07, 6.45) is 2.33. The van der Waals surface area contributed by atoms with Crippen LogP contribution in [-0.4, -0.2) is 29.8 Å². The van der Waals surface area contributed by atoms with Crippen LogP contribution in [0.4, 0.5) is 5.13 Å². The Bertz CT molecular complexity index is 854. The first-order valence-electron chi connectivity index (χ1n) is 8.22. The molecule has 0 saturated carbocycles. The first kappa shape index (κ1) is 17.4. The van der Waals surface area contributed by atoms with E-state index in [9.17, 15) is 9.59 Å². The number of nitrogens with zero attached hydrogens (tertiary/aromatic N) is 2. The van der Waals surface area contributed by atoms with E-state index in [2.05, 4.69) is 4.98 Å². The third kappa shape index (κ3) is 3.49. The van der Waals surface area contributed by atoms with Crippen LogP contribution in [-0.2, 0) is 4.79 Å². The molecule has 0 atom stereocenters. The number of rotatable bonds is 3. The zero-order valence-corrected chi connectivity index (χ0v) is 15.4. The minimum absolute atomic E-state index is 0.0235. The van der Waals surface area contributed by atoms with Crippen LogP contribution < -0.4 is 9.64 Å². The third-order valence-electron chi connectivity index (χ3n) is 4.13. The number of ketones is 1. The lowest BCUT2D eigenvalue weighted by Gasteiger charge is -2.14. The Labute approximate surface area is 150 Å². The molecule has 0 unspecified atom stereocenters. The molecule has 0 bridgehead atoms. The molecule has 0 fully saturated rings. The van der Waals surface area contributed by atoms with Gasteiger partial charge in [0.1, 0.15) is 5.75 Å². The average Bonchev–Trinajstić information content (AvgIpc) is 2.96. The second kappa shape index (κ2) is 7.19. The fraction of sp³-hybridized carbons (Fsp3) is 0.316. The molecular formula is C19H20N2O3S. The summed E-state index contributed by atoms with van der Waals surface area (Å²) < 4.78 is 5.78. The molecule has 3 rings (SSSR count). The Balaban J connectivity index is 1.93. The van der Waals surface area contributed by atoms with E-state index in [1.807, 2.05) is 31.4 Å². The summed E-state index contributed by atoms with van der Waals surface area (Å²) in [5.41, 5.74) is 2.92. The number of hydrogen-bond donors (Lipinski definition) is 0. The summed E-state index contributed by atoms with van der Waals surface area (Å²) in [4.78, 5) is 30.6. The molecule has 130 valence electrons. The molecule has 1 aliphatic heterocycles. The lowest BCUT2D eigenvalue weighted by Crippen LogP contribution is -2.27. The van der Waals surface area contributed by atoms with Gasteiger partial charge in [0, 0.05) is 30.8 Å². The van der Waals surface area contributed by atoms with Crippen LogP contribution >= 0.6 is 11.3 Å². The van der Waals surface area contributed by atoms with E-state index >= 15 is 0 Å². The van der Waals surface area contributed by atoms with Crippen LogP contribution in [0.15, 0.2) is 29.2 Å². The van der Waals surface area contributed by atoms with Crippen molar-refractivity contribution in [3.05, 3.63) is 46.0 Å². The van der Waals surface area contributed by atoms with E-state index in [0.29, 0.717) is 47.3 Å². The van der Waals surface area contributed by atoms with Gasteiger partial charge in [-0.05, 0) is 31.6 Å². The Morgan fingerprint density at radius 2 is 2.24 bits per heavy atom. The lowest BCUT2D eigenvalue weighted by molar-refractivity contribution is -0.116. The van der Waals surface area contributed by atoms with Gasteiger partial charge in [-0.2, -0.15) is 0 Å². The van der Waals surface area contributed by atoms with Gasteiger partial charge in [-0.1, -0.05) is 12.1 Å². The molecule has 6 heteroatoms. The standard InChI is InChI=1S/C19H20N2O3S/c1-4-21(13(3)22)19-20-15(11-25-19)10-14-8-9-24-18-12(2)6-5-7-16(18)17(14)23/h5-7,10-11H,4,8-9H2,1-3H3/b14-10+. The van der Waals surface area contributed by atoms with Gasteiger partial charge in [0.2, 0.25) is 5.91 Å². The largest absolute Gasteiger partial charge is 0.492 e. The number of aromatic nitrogens is 1. The van der Waals surface area contributed by atoms with Crippen LogP contribution in [0.1, 0.15) is 41.9 Å². The number of Topliss-reactive ketones (excluding diaryl/α,β-unsaturated/α-hetero) is 1. The van der Waals surface area contributed by atoms with Crippen LogP contribution in [0.3, 0.4) is 0 Å². The lowest BCUT2D eigenvalue weighted by atomic mass is 9.99. The summed E-state index contributed by atoms with van der Waals surface area (Å²) >= 11 is 1.40. The summed E-state index contributed by atoms with van der Waals surface area (Å²) in [6.45, 7) is 6.40. The number of hydrogen-bond acceptors (Lipinski definition) is 5. The average molecular weight is 356 g/mol. The molecule has 0 spiro atoms. The smallest absolute Gasteiger partial charge is 0.225 e. The van der Waals surface area contributed by atoms with Crippen LogP contribution in [0, 0.1) is 6.92 Å². The van der Waals surface area contributed by atoms with Crippen LogP contribution in [0.5, 0.6) is 5.75 Å². The van der Waals surface area contributed by atoms with Crippen molar-refractivity contribution in [2.75, 3.05) is 18.1 Å². The normalized spacial score (nSPS) is 15.5. The van der Waals surface area contributed by atoms with Gasteiger partial charge in [0.15, 0.2) is 10.9 Å². The van der Waals surface area contributed by atoms with Crippen molar-refractivity contribution >= 4 is 34.2 Å². The van der Waals surface area contributed by atoms with Gasteiger partial charge >= 0.3 is 0 Å². The molecule has 2 aromatic rings. The predicted octanol–water partition coefficient (Wildman–Crippen LogP) is 3.87. The summed E-state index contributed by atoms with van der Waals surface area (Å²) in [5.74, 6) is 0.604. The Morgan fingerprint density at radius 3 is 2.96 bits per heavy atom. The third-order valence-corrected chi connectivity index (χ3v) is 5.01. The minimum atomic E-state index is -0.0422. The van der Waals surface area contributed by atoms with E-state index in [0.717, 1.165) is 5.56 Å². The van der Waals surface area contributed by atoms with Crippen molar-refractivity contribution in [3.63, 3.8) is 0 Å². The molecule has 1 aromatic carbocycles. The molecule has 0 N–H and O–H groups in total. The monoisotopic (exact) mass is 356 g/mol. The van der Waals surface area contributed by atoms with Crippen molar-refractivity contribution < 1.29 is 14.3 Å². The molecule has 1 aliphatic rings. The number of carbonyl (C=O) groups is 2. The van der Waals surface area contributed by atoms with Crippen molar-refractivity contribution in [2.24, 2.45) is 0 Å². The van der Waals surface area contributed by atoms with E-state index < -0.39 is 0 Å². The number of ether oxygens (including phenoxy) is 1. The number of amides is 1. The first-order chi connectivity index (χ1) is 12.0. The maximum Gasteiger partial charge on any atom is 0.225 e. The van der Waals surface area contributed by atoms with Crippen LogP contribution in [0.2, 0.25) is 0 Å². The predicted molar refractivity (Wildman–Crippen MR) is 99.4 cm³/mol. The number of fused-ring (bicyclic) bond motifs is 1. The van der Waals surface area contributed by atoms with Gasteiger partial charge in [-0.25, -0.2) is 4.98 Å². The molecule has 0 saturated heterocycles. The topological polar surface area (TPSA) is 59.5 Å². The minimum Gasteiger partial charge on any atom is -0.492 e. The summed E-state index contributed by atoms with van der Waals surface area (Å²) in [5, 5.41) is 2.51. The van der Waals surface area contributed by atoms with Crippen molar-refractivity contribution in [2.45, 2.75) is 27.2 Å². The SMILES string of the molecule is CCN(C(C)=O)c1nc(/C=C2\CCOc3c(C)cccc3C2=O)cs1. The Morgan fingerprint density at radius 1 is 1.44 bits per heavy atom. The zero-order chi connectivity index (χ0) is 18.0. The highest BCUT2D eigenvalue weighted by Crippen LogP contribution is 2.31. The van der Waals surface area contributed by atoms with Gasteiger partial charge < -0.3 is 4.74 Å². The summed E-state index contributed by atoms with van der Waals surface area (Å²) in [6, 6.07) is 5.60.